The standard InChI is InChI=1S/C9H18ClNO2S/c1-9(4-5-9)8-11-14(12,13)7-3-2-6-10/h11H,2-8H2,1H3. The minimum absolute atomic E-state index is 0.204. The monoisotopic (exact) mass is 239 g/mol. The molecule has 14 heavy (non-hydrogen) atoms. The van der Waals surface area contributed by atoms with E-state index < -0.39 is 10.0 Å². The van der Waals surface area contributed by atoms with Crippen LogP contribution in [0.25, 0.3) is 0 Å². The largest absolute Gasteiger partial charge is 0.215 e. The summed E-state index contributed by atoms with van der Waals surface area (Å²) in [5.74, 6) is 0.739. The van der Waals surface area contributed by atoms with Gasteiger partial charge in [-0.15, -0.1) is 11.6 Å². The van der Waals surface area contributed by atoms with E-state index in [1.807, 2.05) is 0 Å². The molecule has 0 spiro atoms. The van der Waals surface area contributed by atoms with Crippen LogP contribution in [0.4, 0.5) is 0 Å². The van der Waals surface area contributed by atoms with Gasteiger partial charge in [-0.25, -0.2) is 13.1 Å². The number of rotatable bonds is 7. The fourth-order valence-corrected chi connectivity index (χ4v) is 2.62. The molecule has 1 fully saturated rings. The fourth-order valence-electron chi connectivity index (χ4n) is 1.13. The van der Waals surface area contributed by atoms with Crippen molar-refractivity contribution in [1.29, 1.82) is 0 Å². The summed E-state index contributed by atoms with van der Waals surface area (Å²) in [7, 11) is -3.06. The fraction of sp³-hybridized carbons (Fsp3) is 1.00. The Bertz CT molecular complexity index is 273. The smallest absolute Gasteiger partial charge is 0.211 e. The molecule has 0 radical (unpaired) electrons. The molecule has 0 aliphatic heterocycles. The molecule has 0 amide bonds. The Morgan fingerprint density at radius 1 is 1.36 bits per heavy atom. The van der Waals surface area contributed by atoms with Crippen LogP contribution in [-0.2, 0) is 10.0 Å². The first kappa shape index (κ1) is 12.3. The Hall–Kier alpha value is 0.200. The summed E-state index contributed by atoms with van der Waals surface area (Å²) in [5, 5.41) is 0. The van der Waals surface area contributed by atoms with Gasteiger partial charge in [-0.05, 0) is 31.1 Å². The predicted molar refractivity (Wildman–Crippen MR) is 59.1 cm³/mol. The third kappa shape index (κ3) is 4.62. The molecular formula is C9H18ClNO2S. The van der Waals surface area contributed by atoms with Gasteiger partial charge in [0.15, 0.2) is 0 Å². The molecule has 1 rings (SSSR count). The SMILES string of the molecule is CC1(CNS(=O)(=O)CCCCCl)CC1. The second-order valence-corrected chi connectivity index (χ2v) is 6.65. The van der Waals surface area contributed by atoms with Crippen molar-refractivity contribution >= 4 is 21.6 Å². The van der Waals surface area contributed by atoms with Gasteiger partial charge < -0.3 is 0 Å². The van der Waals surface area contributed by atoms with Gasteiger partial charge >= 0.3 is 0 Å². The number of alkyl halides is 1. The predicted octanol–water partition coefficient (Wildman–Crippen LogP) is 1.72. The van der Waals surface area contributed by atoms with Crippen molar-refractivity contribution in [2.45, 2.75) is 32.6 Å². The maximum atomic E-state index is 11.4. The average Bonchev–Trinajstić information content (AvgIpc) is 2.82. The van der Waals surface area contributed by atoms with Gasteiger partial charge in [-0.2, -0.15) is 0 Å². The van der Waals surface area contributed by atoms with Crippen LogP contribution in [-0.4, -0.2) is 26.6 Å². The lowest BCUT2D eigenvalue weighted by molar-refractivity contribution is 0.529. The number of halogens is 1. The van der Waals surface area contributed by atoms with Crippen molar-refractivity contribution in [2.24, 2.45) is 5.41 Å². The van der Waals surface area contributed by atoms with Crippen molar-refractivity contribution in [1.82, 2.24) is 4.72 Å². The Labute approximate surface area is 91.3 Å². The van der Waals surface area contributed by atoms with E-state index >= 15 is 0 Å². The number of hydrogen-bond donors (Lipinski definition) is 1. The first-order valence-electron chi connectivity index (χ1n) is 5.01. The van der Waals surface area contributed by atoms with Crippen LogP contribution >= 0.6 is 11.6 Å². The summed E-state index contributed by atoms with van der Waals surface area (Å²) in [6.45, 7) is 2.70. The molecule has 0 atom stereocenters. The Kier molecular flexibility index (Phi) is 4.22. The maximum absolute atomic E-state index is 11.4. The molecular weight excluding hydrogens is 222 g/mol. The van der Waals surface area contributed by atoms with Gasteiger partial charge in [0.2, 0.25) is 10.0 Å². The molecule has 5 heteroatoms. The zero-order chi connectivity index (χ0) is 10.7. The van der Waals surface area contributed by atoms with E-state index in [1.54, 1.807) is 0 Å². The van der Waals surface area contributed by atoms with Crippen molar-refractivity contribution < 1.29 is 8.42 Å². The van der Waals surface area contributed by atoms with Crippen LogP contribution in [0, 0.1) is 5.41 Å². The van der Waals surface area contributed by atoms with E-state index in [2.05, 4.69) is 11.6 Å². The molecule has 0 aromatic carbocycles. The summed E-state index contributed by atoms with van der Waals surface area (Å²) in [6.07, 6.45) is 3.68. The molecule has 0 heterocycles. The first-order valence-corrected chi connectivity index (χ1v) is 7.19. The molecule has 1 aliphatic rings. The van der Waals surface area contributed by atoms with E-state index in [9.17, 15) is 8.42 Å². The Morgan fingerprint density at radius 2 is 2.00 bits per heavy atom. The molecule has 0 aromatic rings. The van der Waals surface area contributed by atoms with E-state index in [4.69, 9.17) is 11.6 Å². The minimum Gasteiger partial charge on any atom is -0.215 e. The molecule has 84 valence electrons. The molecule has 0 saturated heterocycles. The maximum Gasteiger partial charge on any atom is 0.211 e. The third-order valence-corrected chi connectivity index (χ3v) is 4.30. The lowest BCUT2D eigenvalue weighted by atomic mass is 10.2. The number of unbranched alkanes of at least 4 members (excludes halogenated alkanes) is 1. The molecule has 3 nitrogen and oxygen atoms in total. The number of hydrogen-bond acceptors (Lipinski definition) is 2. The Balaban J connectivity index is 2.20. The van der Waals surface area contributed by atoms with E-state index in [0.717, 1.165) is 19.3 Å². The van der Waals surface area contributed by atoms with Crippen molar-refractivity contribution in [3.05, 3.63) is 0 Å². The molecule has 1 aliphatic carbocycles. The quantitative estimate of drug-likeness (QED) is 0.543. The minimum atomic E-state index is -3.06. The zero-order valence-electron chi connectivity index (χ0n) is 8.55. The van der Waals surface area contributed by atoms with Crippen LogP contribution < -0.4 is 4.72 Å². The third-order valence-electron chi connectivity index (χ3n) is 2.62. The Morgan fingerprint density at radius 3 is 2.50 bits per heavy atom. The zero-order valence-corrected chi connectivity index (χ0v) is 10.1. The van der Waals surface area contributed by atoms with Crippen LogP contribution in [0.1, 0.15) is 32.6 Å². The van der Waals surface area contributed by atoms with E-state index in [0.29, 0.717) is 18.8 Å². The highest BCUT2D eigenvalue weighted by Gasteiger charge is 2.37. The van der Waals surface area contributed by atoms with Gasteiger partial charge in [0.1, 0.15) is 0 Å². The van der Waals surface area contributed by atoms with Gasteiger partial charge in [-0.3, -0.25) is 0 Å². The molecule has 0 bridgehead atoms. The van der Waals surface area contributed by atoms with E-state index in [-0.39, 0.29) is 11.2 Å². The second kappa shape index (κ2) is 4.81. The van der Waals surface area contributed by atoms with Gasteiger partial charge in [0.05, 0.1) is 5.75 Å². The lowest BCUT2D eigenvalue weighted by Gasteiger charge is -2.10. The van der Waals surface area contributed by atoms with Crippen molar-refractivity contribution in [3.8, 4) is 0 Å². The van der Waals surface area contributed by atoms with Crippen molar-refractivity contribution in [3.63, 3.8) is 0 Å². The summed E-state index contributed by atoms with van der Waals surface area (Å²) in [6, 6.07) is 0. The molecule has 0 aromatic heterocycles. The van der Waals surface area contributed by atoms with Crippen LogP contribution in [0.15, 0.2) is 0 Å². The average molecular weight is 240 g/mol. The molecule has 0 unspecified atom stereocenters. The van der Waals surface area contributed by atoms with Crippen LogP contribution in [0.2, 0.25) is 0 Å². The van der Waals surface area contributed by atoms with Crippen molar-refractivity contribution in [2.75, 3.05) is 18.2 Å². The normalized spacial score (nSPS) is 19.6. The summed E-state index contributed by atoms with van der Waals surface area (Å²) >= 11 is 5.47. The number of nitrogens with one attached hydrogen (secondary N) is 1. The highest BCUT2D eigenvalue weighted by atomic mass is 35.5. The van der Waals surface area contributed by atoms with Gasteiger partial charge in [0.25, 0.3) is 0 Å². The molecule has 1 saturated carbocycles. The van der Waals surface area contributed by atoms with Crippen LogP contribution in [0.3, 0.4) is 0 Å². The first-order chi connectivity index (χ1) is 6.47. The lowest BCUT2D eigenvalue weighted by Crippen LogP contribution is -2.31. The number of sulfonamides is 1. The summed E-state index contributed by atoms with van der Waals surface area (Å²) < 4.78 is 25.5. The van der Waals surface area contributed by atoms with Gasteiger partial charge in [-0.1, -0.05) is 6.92 Å². The van der Waals surface area contributed by atoms with Crippen LogP contribution in [0.5, 0.6) is 0 Å². The summed E-state index contributed by atoms with van der Waals surface area (Å²) in [4.78, 5) is 0. The second-order valence-electron chi connectivity index (χ2n) is 4.35. The summed E-state index contributed by atoms with van der Waals surface area (Å²) in [5.41, 5.74) is 0.236. The topological polar surface area (TPSA) is 46.2 Å². The van der Waals surface area contributed by atoms with E-state index in [1.165, 1.54) is 0 Å². The highest BCUT2D eigenvalue weighted by molar-refractivity contribution is 7.89. The molecule has 1 N–H and O–H groups in total. The highest BCUT2D eigenvalue weighted by Crippen LogP contribution is 2.44. The van der Waals surface area contributed by atoms with Gasteiger partial charge in [0, 0.05) is 12.4 Å².